The number of hydrogen-bond acceptors (Lipinski definition) is 6. The van der Waals surface area contributed by atoms with Gasteiger partial charge < -0.3 is 26.0 Å². The molecule has 1 aromatic rings. The van der Waals surface area contributed by atoms with E-state index in [4.69, 9.17) is 5.73 Å². The standard InChI is InChI=1S/C14H15FN2O5S/c1-5-14(13(21)22,4-17-11(20)9(16)12(17)23-5)6-2-3-7(18)10(19)8(6)15/h2-3,5,9,12,18-19H,4,16H2,1H3,(H,21,22)/t5?,9?,12-,14?/m1/s1. The molecule has 2 heterocycles. The van der Waals surface area contributed by atoms with Crippen molar-refractivity contribution in [3.05, 3.63) is 23.5 Å². The molecule has 0 saturated carbocycles. The summed E-state index contributed by atoms with van der Waals surface area (Å²) in [4.78, 5) is 25.2. The second kappa shape index (κ2) is 5.00. The Labute approximate surface area is 134 Å². The summed E-state index contributed by atoms with van der Waals surface area (Å²) in [5.41, 5.74) is 3.69. The number of carboxylic acid groups (broad SMARTS) is 1. The Hall–Kier alpha value is -2.00. The highest BCUT2D eigenvalue weighted by molar-refractivity contribution is 8.00. The summed E-state index contributed by atoms with van der Waals surface area (Å²) in [6.45, 7) is 1.38. The molecule has 0 radical (unpaired) electrons. The van der Waals surface area contributed by atoms with Gasteiger partial charge in [-0.15, -0.1) is 11.8 Å². The van der Waals surface area contributed by atoms with Crippen LogP contribution in [-0.2, 0) is 15.0 Å². The zero-order valence-electron chi connectivity index (χ0n) is 12.1. The SMILES string of the molecule is CC1S[C@@H]2C(N)C(=O)N2CC1(C(=O)O)c1ccc(O)c(O)c1F. The molecule has 0 aromatic heterocycles. The smallest absolute Gasteiger partial charge is 0.317 e. The first-order valence-electron chi connectivity index (χ1n) is 6.87. The van der Waals surface area contributed by atoms with Crippen molar-refractivity contribution in [2.24, 2.45) is 5.73 Å². The maximum atomic E-state index is 14.4. The maximum Gasteiger partial charge on any atom is 0.317 e. The number of carbonyl (C=O) groups is 2. The molecule has 23 heavy (non-hydrogen) atoms. The number of aromatic hydroxyl groups is 2. The molecule has 5 N–H and O–H groups in total. The zero-order chi connectivity index (χ0) is 17.1. The van der Waals surface area contributed by atoms with E-state index in [2.05, 4.69) is 0 Å². The molecule has 2 aliphatic heterocycles. The monoisotopic (exact) mass is 342 g/mol. The van der Waals surface area contributed by atoms with Crippen molar-refractivity contribution in [1.29, 1.82) is 0 Å². The van der Waals surface area contributed by atoms with E-state index in [-0.39, 0.29) is 23.4 Å². The number of carboxylic acids is 1. The highest BCUT2D eigenvalue weighted by Gasteiger charge is 2.60. The molecule has 1 amide bonds. The van der Waals surface area contributed by atoms with Crippen LogP contribution in [-0.4, -0.2) is 55.3 Å². The lowest BCUT2D eigenvalue weighted by Gasteiger charge is -2.55. The number of rotatable bonds is 2. The van der Waals surface area contributed by atoms with Crippen molar-refractivity contribution in [1.82, 2.24) is 4.90 Å². The van der Waals surface area contributed by atoms with E-state index in [1.165, 1.54) is 16.7 Å². The fraction of sp³-hybridized carbons (Fsp3) is 0.429. The highest BCUT2D eigenvalue weighted by Crippen LogP contribution is 2.49. The van der Waals surface area contributed by atoms with Crippen molar-refractivity contribution >= 4 is 23.6 Å². The number of phenols is 2. The van der Waals surface area contributed by atoms with E-state index in [0.29, 0.717) is 0 Å². The van der Waals surface area contributed by atoms with E-state index in [1.807, 2.05) is 0 Å². The van der Waals surface area contributed by atoms with Crippen molar-refractivity contribution in [2.45, 2.75) is 29.0 Å². The average Bonchev–Trinajstić information content (AvgIpc) is 2.52. The summed E-state index contributed by atoms with van der Waals surface area (Å²) in [7, 11) is 0. The van der Waals surface area contributed by atoms with Crippen LogP contribution in [0.25, 0.3) is 0 Å². The number of nitrogens with two attached hydrogens (primary N) is 1. The number of carbonyl (C=O) groups excluding carboxylic acids is 1. The predicted molar refractivity (Wildman–Crippen MR) is 79.6 cm³/mol. The van der Waals surface area contributed by atoms with Crippen LogP contribution >= 0.6 is 11.8 Å². The van der Waals surface area contributed by atoms with E-state index in [0.717, 1.165) is 12.1 Å². The van der Waals surface area contributed by atoms with E-state index >= 15 is 0 Å². The number of hydrogen-bond donors (Lipinski definition) is 4. The van der Waals surface area contributed by atoms with Crippen molar-refractivity contribution < 1.29 is 29.3 Å². The Bertz CT molecular complexity index is 715. The molecule has 7 nitrogen and oxygen atoms in total. The van der Waals surface area contributed by atoms with E-state index in [9.17, 15) is 29.3 Å². The van der Waals surface area contributed by atoms with Crippen molar-refractivity contribution in [3.63, 3.8) is 0 Å². The number of benzene rings is 1. The summed E-state index contributed by atoms with van der Waals surface area (Å²) in [5, 5.41) is 27.8. The molecule has 9 heteroatoms. The van der Waals surface area contributed by atoms with Gasteiger partial charge in [-0.3, -0.25) is 9.59 Å². The molecule has 0 bridgehead atoms. The second-order valence-electron chi connectivity index (χ2n) is 5.73. The maximum absolute atomic E-state index is 14.4. The first kappa shape index (κ1) is 15.9. The molecule has 2 saturated heterocycles. The van der Waals surface area contributed by atoms with E-state index in [1.54, 1.807) is 6.92 Å². The largest absolute Gasteiger partial charge is 0.504 e. The summed E-state index contributed by atoms with van der Waals surface area (Å²) in [6, 6.07) is 1.47. The Morgan fingerprint density at radius 1 is 1.48 bits per heavy atom. The molecular formula is C14H15FN2O5S. The number of halogens is 1. The number of fused-ring (bicyclic) bond motifs is 1. The highest BCUT2D eigenvalue weighted by atomic mass is 32.2. The Morgan fingerprint density at radius 2 is 2.13 bits per heavy atom. The fourth-order valence-corrected chi connectivity index (χ4v) is 4.72. The quantitative estimate of drug-likeness (QED) is 0.447. The lowest BCUT2D eigenvalue weighted by Crippen LogP contribution is -2.74. The van der Waals surface area contributed by atoms with E-state index < -0.39 is 40.0 Å². The van der Waals surface area contributed by atoms with Crippen LogP contribution in [0.3, 0.4) is 0 Å². The van der Waals surface area contributed by atoms with Gasteiger partial charge in [-0.2, -0.15) is 0 Å². The number of phenolic OH excluding ortho intramolecular Hbond substituents is 2. The van der Waals surface area contributed by atoms with Crippen molar-refractivity contribution in [3.8, 4) is 11.5 Å². The normalized spacial score (nSPS) is 33.1. The molecule has 3 rings (SSSR count). The second-order valence-corrected chi connectivity index (χ2v) is 7.19. The average molecular weight is 342 g/mol. The first-order valence-corrected chi connectivity index (χ1v) is 7.82. The van der Waals surface area contributed by atoms with Gasteiger partial charge in [0.15, 0.2) is 17.3 Å². The first-order chi connectivity index (χ1) is 10.7. The zero-order valence-corrected chi connectivity index (χ0v) is 12.9. The molecular weight excluding hydrogens is 327 g/mol. The third kappa shape index (κ3) is 1.93. The summed E-state index contributed by atoms with van der Waals surface area (Å²) < 4.78 is 14.4. The molecule has 124 valence electrons. The molecule has 0 aliphatic carbocycles. The third-order valence-corrected chi connectivity index (χ3v) is 6.23. The Balaban J connectivity index is 2.13. The Kier molecular flexibility index (Phi) is 3.45. The van der Waals surface area contributed by atoms with Gasteiger partial charge in [-0.05, 0) is 6.07 Å². The minimum atomic E-state index is -1.74. The topological polar surface area (TPSA) is 124 Å². The van der Waals surface area contributed by atoms with Gasteiger partial charge in [0.2, 0.25) is 5.91 Å². The third-order valence-electron chi connectivity index (χ3n) is 4.60. The van der Waals surface area contributed by atoms with Gasteiger partial charge in [0, 0.05) is 17.4 Å². The van der Waals surface area contributed by atoms with Gasteiger partial charge >= 0.3 is 5.97 Å². The molecule has 0 spiro atoms. The van der Waals surface area contributed by atoms with Gasteiger partial charge in [0.05, 0.1) is 0 Å². The van der Waals surface area contributed by atoms with Crippen LogP contribution in [0.2, 0.25) is 0 Å². The van der Waals surface area contributed by atoms with Gasteiger partial charge in [-0.1, -0.05) is 13.0 Å². The predicted octanol–water partition coefficient (Wildman–Crippen LogP) is 0.190. The van der Waals surface area contributed by atoms with Crippen LogP contribution in [0, 0.1) is 5.82 Å². The van der Waals surface area contributed by atoms with Crippen LogP contribution < -0.4 is 5.73 Å². The minimum Gasteiger partial charge on any atom is -0.504 e. The van der Waals surface area contributed by atoms with Crippen LogP contribution in [0.5, 0.6) is 11.5 Å². The molecule has 3 unspecified atom stereocenters. The van der Waals surface area contributed by atoms with Crippen molar-refractivity contribution in [2.75, 3.05) is 6.54 Å². The number of aliphatic carboxylic acids is 1. The molecule has 1 aromatic carbocycles. The molecule has 4 atom stereocenters. The fourth-order valence-electron chi connectivity index (χ4n) is 3.16. The van der Waals surface area contributed by atoms with Crippen LogP contribution in [0.4, 0.5) is 4.39 Å². The lowest BCUT2D eigenvalue weighted by atomic mass is 9.75. The number of amides is 1. The van der Waals surface area contributed by atoms with Gasteiger partial charge in [0.1, 0.15) is 16.8 Å². The number of nitrogens with zero attached hydrogens (tertiary/aromatic N) is 1. The minimum absolute atomic E-state index is 0.241. The van der Waals surface area contributed by atoms with Crippen LogP contribution in [0.15, 0.2) is 12.1 Å². The summed E-state index contributed by atoms with van der Waals surface area (Å²) in [5.74, 6) is -4.58. The number of β-lactam (4-membered cyclic amide) rings is 1. The van der Waals surface area contributed by atoms with Gasteiger partial charge in [0.25, 0.3) is 0 Å². The molecule has 2 fully saturated rings. The summed E-state index contributed by atoms with van der Waals surface area (Å²) in [6.07, 6.45) is 0. The van der Waals surface area contributed by atoms with Crippen LogP contribution in [0.1, 0.15) is 12.5 Å². The number of thioether (sulfide) groups is 1. The lowest BCUT2D eigenvalue weighted by molar-refractivity contribution is -0.153. The summed E-state index contributed by atoms with van der Waals surface area (Å²) >= 11 is 1.19. The molecule has 2 aliphatic rings. The Morgan fingerprint density at radius 3 is 2.74 bits per heavy atom. The van der Waals surface area contributed by atoms with Gasteiger partial charge in [-0.25, -0.2) is 4.39 Å².